The Hall–Kier alpha value is -1.38. The second-order valence-corrected chi connectivity index (χ2v) is 5.16. The van der Waals surface area contributed by atoms with E-state index in [1.54, 1.807) is 12.1 Å². The molecule has 1 heterocycles. The molecule has 0 bridgehead atoms. The van der Waals surface area contributed by atoms with E-state index in [1.807, 2.05) is 0 Å². The van der Waals surface area contributed by atoms with Crippen LogP contribution in [0.5, 0.6) is 0 Å². The summed E-state index contributed by atoms with van der Waals surface area (Å²) in [4.78, 5) is 11.4. The van der Waals surface area contributed by atoms with Crippen LogP contribution in [0, 0.1) is 11.7 Å². The summed E-state index contributed by atoms with van der Waals surface area (Å²) in [5, 5.41) is 3.10. The molecule has 1 N–H and O–H groups in total. The van der Waals surface area contributed by atoms with Crippen LogP contribution in [0.2, 0.25) is 0 Å². The van der Waals surface area contributed by atoms with E-state index in [9.17, 15) is 9.18 Å². The smallest absolute Gasteiger partial charge is 0.220 e. The quantitative estimate of drug-likeness (QED) is 0.857. The Bertz CT molecular complexity index is 413. The van der Waals surface area contributed by atoms with E-state index in [0.29, 0.717) is 12.3 Å². The molecule has 0 spiro atoms. The van der Waals surface area contributed by atoms with Crippen LogP contribution < -0.4 is 5.32 Å². The molecular weight excluding hydrogens is 217 g/mol. The van der Waals surface area contributed by atoms with Crippen molar-refractivity contribution in [1.29, 1.82) is 0 Å². The standard InChI is InChI=1S/C14H18FNO/c1-10(2)14(8-7-13(17)16-14)9-11-3-5-12(15)6-4-11/h3-6,10H,7-9H2,1-2H3,(H,16,17). The molecule has 3 heteroatoms. The van der Waals surface area contributed by atoms with Crippen molar-refractivity contribution in [3.8, 4) is 0 Å². The molecule has 1 fully saturated rings. The van der Waals surface area contributed by atoms with Gasteiger partial charge in [0.25, 0.3) is 0 Å². The zero-order chi connectivity index (χ0) is 12.5. The molecule has 1 amide bonds. The summed E-state index contributed by atoms with van der Waals surface area (Å²) >= 11 is 0. The molecule has 1 saturated heterocycles. The molecule has 2 rings (SSSR count). The molecule has 1 aliphatic rings. The van der Waals surface area contributed by atoms with E-state index in [0.717, 1.165) is 18.4 Å². The van der Waals surface area contributed by atoms with Crippen LogP contribution >= 0.6 is 0 Å². The van der Waals surface area contributed by atoms with Crippen molar-refractivity contribution in [2.75, 3.05) is 0 Å². The second kappa shape index (κ2) is 4.47. The topological polar surface area (TPSA) is 29.1 Å². The van der Waals surface area contributed by atoms with Crippen LogP contribution in [0.15, 0.2) is 24.3 Å². The number of rotatable bonds is 3. The van der Waals surface area contributed by atoms with Gasteiger partial charge in [-0.25, -0.2) is 4.39 Å². The number of carbonyl (C=O) groups excluding carboxylic acids is 1. The Labute approximate surface area is 101 Å². The molecule has 0 saturated carbocycles. The minimum absolute atomic E-state index is 0.126. The minimum atomic E-state index is -0.220. The highest BCUT2D eigenvalue weighted by molar-refractivity contribution is 5.79. The second-order valence-electron chi connectivity index (χ2n) is 5.16. The average Bonchev–Trinajstić information content (AvgIpc) is 2.65. The molecular formula is C14H18FNO. The first-order valence-electron chi connectivity index (χ1n) is 6.07. The lowest BCUT2D eigenvalue weighted by atomic mass is 9.80. The zero-order valence-electron chi connectivity index (χ0n) is 10.3. The lowest BCUT2D eigenvalue weighted by Crippen LogP contribution is -2.48. The van der Waals surface area contributed by atoms with Crippen LogP contribution in [0.1, 0.15) is 32.3 Å². The van der Waals surface area contributed by atoms with Crippen molar-refractivity contribution in [3.05, 3.63) is 35.6 Å². The largest absolute Gasteiger partial charge is 0.350 e. The predicted molar refractivity (Wildman–Crippen MR) is 65.0 cm³/mol. The number of carbonyl (C=O) groups is 1. The molecule has 1 unspecified atom stereocenters. The van der Waals surface area contributed by atoms with Crippen LogP contribution in [0.3, 0.4) is 0 Å². The van der Waals surface area contributed by atoms with Crippen molar-refractivity contribution in [2.45, 2.75) is 38.6 Å². The van der Waals surface area contributed by atoms with Crippen LogP contribution in [0.25, 0.3) is 0 Å². The van der Waals surface area contributed by atoms with Crippen molar-refractivity contribution in [2.24, 2.45) is 5.92 Å². The molecule has 1 aromatic rings. The molecule has 0 radical (unpaired) electrons. The van der Waals surface area contributed by atoms with Crippen LogP contribution in [-0.4, -0.2) is 11.4 Å². The third-order valence-corrected chi connectivity index (χ3v) is 3.72. The highest BCUT2D eigenvalue weighted by atomic mass is 19.1. The van der Waals surface area contributed by atoms with E-state index in [-0.39, 0.29) is 17.3 Å². The predicted octanol–water partition coefficient (Wildman–Crippen LogP) is 2.67. The summed E-state index contributed by atoms with van der Waals surface area (Å²) in [5.74, 6) is 0.280. The minimum Gasteiger partial charge on any atom is -0.350 e. The molecule has 92 valence electrons. The Morgan fingerprint density at radius 1 is 1.35 bits per heavy atom. The first-order valence-corrected chi connectivity index (χ1v) is 6.07. The Morgan fingerprint density at radius 3 is 2.47 bits per heavy atom. The first-order chi connectivity index (χ1) is 8.02. The van der Waals surface area contributed by atoms with Gasteiger partial charge in [-0.3, -0.25) is 4.79 Å². The highest BCUT2D eigenvalue weighted by Gasteiger charge is 2.40. The number of amides is 1. The molecule has 0 aromatic heterocycles. The van der Waals surface area contributed by atoms with Gasteiger partial charge in [-0.05, 0) is 36.5 Å². The monoisotopic (exact) mass is 235 g/mol. The van der Waals surface area contributed by atoms with Crippen molar-refractivity contribution in [3.63, 3.8) is 0 Å². The van der Waals surface area contributed by atoms with Gasteiger partial charge in [0.05, 0.1) is 0 Å². The highest BCUT2D eigenvalue weighted by Crippen LogP contribution is 2.31. The summed E-state index contributed by atoms with van der Waals surface area (Å²) < 4.78 is 12.8. The number of nitrogens with one attached hydrogen (secondary N) is 1. The van der Waals surface area contributed by atoms with Crippen molar-refractivity contribution < 1.29 is 9.18 Å². The fourth-order valence-electron chi connectivity index (χ4n) is 2.48. The molecule has 17 heavy (non-hydrogen) atoms. The average molecular weight is 235 g/mol. The van der Waals surface area contributed by atoms with Crippen molar-refractivity contribution >= 4 is 5.91 Å². The molecule has 1 aromatic carbocycles. The number of hydrogen-bond donors (Lipinski definition) is 1. The summed E-state index contributed by atoms with van der Waals surface area (Å²) in [6.07, 6.45) is 2.23. The van der Waals surface area contributed by atoms with Gasteiger partial charge < -0.3 is 5.32 Å². The zero-order valence-corrected chi connectivity index (χ0v) is 10.3. The SMILES string of the molecule is CC(C)C1(Cc2ccc(F)cc2)CCC(=O)N1. The van der Waals surface area contributed by atoms with Crippen LogP contribution in [0.4, 0.5) is 4.39 Å². The van der Waals surface area contributed by atoms with Gasteiger partial charge in [-0.15, -0.1) is 0 Å². The Morgan fingerprint density at radius 2 is 2.00 bits per heavy atom. The lowest BCUT2D eigenvalue weighted by Gasteiger charge is -2.33. The van der Waals surface area contributed by atoms with E-state index < -0.39 is 0 Å². The number of halogens is 1. The maximum atomic E-state index is 12.8. The summed E-state index contributed by atoms with van der Waals surface area (Å²) in [6, 6.07) is 6.54. The maximum absolute atomic E-state index is 12.8. The third kappa shape index (κ3) is 2.48. The van der Waals surface area contributed by atoms with E-state index in [2.05, 4.69) is 19.2 Å². The van der Waals surface area contributed by atoms with E-state index >= 15 is 0 Å². The summed E-state index contributed by atoms with van der Waals surface area (Å²) in [6.45, 7) is 4.24. The van der Waals surface area contributed by atoms with E-state index in [1.165, 1.54) is 12.1 Å². The van der Waals surface area contributed by atoms with Crippen molar-refractivity contribution in [1.82, 2.24) is 5.32 Å². The maximum Gasteiger partial charge on any atom is 0.220 e. The Balaban J connectivity index is 2.19. The van der Waals surface area contributed by atoms with E-state index in [4.69, 9.17) is 0 Å². The fourth-order valence-corrected chi connectivity index (χ4v) is 2.48. The summed E-state index contributed by atoms with van der Waals surface area (Å²) in [7, 11) is 0. The van der Waals surface area contributed by atoms with Gasteiger partial charge in [-0.1, -0.05) is 26.0 Å². The number of benzene rings is 1. The Kier molecular flexibility index (Phi) is 3.18. The molecule has 0 aliphatic carbocycles. The molecule has 2 nitrogen and oxygen atoms in total. The third-order valence-electron chi connectivity index (χ3n) is 3.72. The van der Waals surface area contributed by atoms with Gasteiger partial charge in [0, 0.05) is 12.0 Å². The normalized spacial score (nSPS) is 24.1. The fraction of sp³-hybridized carbons (Fsp3) is 0.500. The van der Waals surface area contributed by atoms with Crippen LogP contribution in [-0.2, 0) is 11.2 Å². The molecule has 1 aliphatic heterocycles. The first kappa shape index (κ1) is 12.1. The lowest BCUT2D eigenvalue weighted by molar-refractivity contribution is -0.120. The van der Waals surface area contributed by atoms with Gasteiger partial charge in [0.2, 0.25) is 5.91 Å². The van der Waals surface area contributed by atoms with Gasteiger partial charge in [0.15, 0.2) is 0 Å². The number of hydrogen-bond acceptors (Lipinski definition) is 1. The summed E-state index contributed by atoms with van der Waals surface area (Å²) in [5.41, 5.74) is 0.914. The molecule has 1 atom stereocenters. The van der Waals surface area contributed by atoms with Gasteiger partial charge in [-0.2, -0.15) is 0 Å². The van der Waals surface area contributed by atoms with Gasteiger partial charge >= 0.3 is 0 Å². The van der Waals surface area contributed by atoms with Gasteiger partial charge in [0.1, 0.15) is 5.82 Å².